The van der Waals surface area contributed by atoms with Crippen LogP contribution in [-0.4, -0.2) is 16.8 Å². The lowest BCUT2D eigenvalue weighted by atomic mass is 9.79. The Balaban J connectivity index is 2.08. The Labute approximate surface area is 187 Å². The van der Waals surface area contributed by atoms with Crippen molar-refractivity contribution in [3.8, 4) is 12.1 Å². The molecule has 0 atom stereocenters. The van der Waals surface area contributed by atoms with Gasteiger partial charge in [-0.15, -0.1) is 0 Å². The molecule has 7 rings (SSSR count). The summed E-state index contributed by atoms with van der Waals surface area (Å²) in [4.78, 5) is 54.2. The molecule has 5 aromatic carbocycles. The molecule has 0 unspecified atom stereocenters. The minimum absolute atomic E-state index is 0.0200. The molecular weight excluding hydrogens is 432 g/mol. The number of nitriles is 2. The van der Waals surface area contributed by atoms with Gasteiger partial charge in [0.2, 0.25) is 0 Å². The first-order valence-electron chi connectivity index (χ1n) is 10.3. The van der Waals surface area contributed by atoms with Crippen molar-refractivity contribution in [2.24, 2.45) is 0 Å². The van der Waals surface area contributed by atoms with Gasteiger partial charge in [0, 0.05) is 21.5 Å². The van der Waals surface area contributed by atoms with E-state index in [0.717, 1.165) is 10.8 Å². The third kappa shape index (κ3) is 1.80. The SMILES string of the molecule is N#Cc1c2c3c(c4c(=O)[nH]c(=O)c4c4c5cccc6cccc(c(c1C#N)c34)c65)C(=O)NC2=O. The van der Waals surface area contributed by atoms with E-state index in [9.17, 15) is 29.7 Å². The van der Waals surface area contributed by atoms with Crippen LogP contribution in [0.3, 0.4) is 0 Å². The zero-order valence-corrected chi connectivity index (χ0v) is 17.0. The summed E-state index contributed by atoms with van der Waals surface area (Å²) in [5.41, 5.74) is -1.89. The summed E-state index contributed by atoms with van der Waals surface area (Å²) < 4.78 is 0. The number of carbonyl (C=O) groups excluding carboxylic acids is 2. The molecule has 0 spiro atoms. The number of benzene rings is 5. The van der Waals surface area contributed by atoms with Crippen LogP contribution in [0.15, 0.2) is 46.0 Å². The number of aromatic amines is 1. The first-order chi connectivity index (χ1) is 16.5. The molecule has 156 valence electrons. The van der Waals surface area contributed by atoms with Gasteiger partial charge >= 0.3 is 0 Å². The van der Waals surface area contributed by atoms with Crippen molar-refractivity contribution in [2.45, 2.75) is 0 Å². The Bertz CT molecular complexity index is 2190. The zero-order chi connectivity index (χ0) is 23.5. The van der Waals surface area contributed by atoms with E-state index in [0.29, 0.717) is 26.9 Å². The van der Waals surface area contributed by atoms with Crippen molar-refractivity contribution in [3.05, 3.63) is 79.4 Å². The average Bonchev–Trinajstić information content (AvgIpc) is 3.13. The van der Waals surface area contributed by atoms with Crippen molar-refractivity contribution < 1.29 is 9.59 Å². The molecule has 2 heterocycles. The van der Waals surface area contributed by atoms with Gasteiger partial charge in [0.25, 0.3) is 22.9 Å². The van der Waals surface area contributed by atoms with Crippen molar-refractivity contribution in [1.82, 2.24) is 10.3 Å². The van der Waals surface area contributed by atoms with Crippen molar-refractivity contribution in [3.63, 3.8) is 0 Å². The van der Waals surface area contributed by atoms with Crippen LogP contribution in [0.5, 0.6) is 0 Å². The van der Waals surface area contributed by atoms with E-state index < -0.39 is 22.9 Å². The lowest BCUT2D eigenvalue weighted by Crippen LogP contribution is -2.36. The summed E-state index contributed by atoms with van der Waals surface area (Å²) in [6.45, 7) is 0. The molecule has 8 heteroatoms. The van der Waals surface area contributed by atoms with E-state index in [-0.39, 0.29) is 38.4 Å². The van der Waals surface area contributed by atoms with E-state index in [2.05, 4.69) is 16.4 Å². The topological polar surface area (TPSA) is 144 Å². The largest absolute Gasteiger partial charge is 0.288 e. The second-order valence-electron chi connectivity index (χ2n) is 8.25. The summed E-state index contributed by atoms with van der Waals surface area (Å²) in [7, 11) is 0. The molecule has 2 amide bonds. The number of rotatable bonds is 0. The second-order valence-corrected chi connectivity index (χ2v) is 8.25. The Hall–Kier alpha value is -5.34. The fourth-order valence-electron chi connectivity index (χ4n) is 5.63. The second kappa shape index (κ2) is 5.71. The number of hydrogen-bond donors (Lipinski definition) is 2. The molecule has 0 fully saturated rings. The van der Waals surface area contributed by atoms with Crippen LogP contribution in [0, 0.1) is 22.7 Å². The number of nitrogens with one attached hydrogen (secondary N) is 2. The minimum Gasteiger partial charge on any atom is -0.288 e. The van der Waals surface area contributed by atoms with Crippen LogP contribution < -0.4 is 16.4 Å². The standard InChI is InChI=1S/C26H8N4O4/c27-7-12-13(8-28)17-19-18-15(12)10-5-1-3-9-4-2-6-11(14(9)10)16(18)20-22(26(34)30-24(20)32)21(19)25(33)29-23(17)31/h1-6H,(H,29,31,33)(H,30,32,34). The van der Waals surface area contributed by atoms with Gasteiger partial charge in [0.1, 0.15) is 12.1 Å². The van der Waals surface area contributed by atoms with Gasteiger partial charge in [-0.05, 0) is 21.5 Å². The van der Waals surface area contributed by atoms with Gasteiger partial charge in [-0.1, -0.05) is 36.4 Å². The van der Waals surface area contributed by atoms with Gasteiger partial charge in [-0.2, -0.15) is 10.5 Å². The molecule has 0 bridgehead atoms. The van der Waals surface area contributed by atoms with Crippen molar-refractivity contribution in [1.29, 1.82) is 10.5 Å². The molecule has 8 nitrogen and oxygen atoms in total. The van der Waals surface area contributed by atoms with Gasteiger partial charge in [-0.3, -0.25) is 29.5 Å². The predicted octanol–water partition coefficient (Wildman–Crippen LogP) is 3.00. The molecule has 0 aliphatic carbocycles. The van der Waals surface area contributed by atoms with Gasteiger partial charge in [-0.25, -0.2) is 0 Å². The lowest BCUT2D eigenvalue weighted by Gasteiger charge is -2.23. The number of nitrogens with zero attached hydrogens (tertiary/aromatic N) is 2. The number of carbonyl (C=O) groups is 2. The molecule has 6 aromatic rings. The number of amides is 2. The maximum absolute atomic E-state index is 13.0. The summed E-state index contributed by atoms with van der Waals surface area (Å²) in [5.74, 6) is -1.66. The Morgan fingerprint density at radius 1 is 0.588 bits per heavy atom. The maximum atomic E-state index is 13.0. The highest BCUT2D eigenvalue weighted by molar-refractivity contribution is 6.45. The first-order valence-corrected chi connectivity index (χ1v) is 10.3. The van der Waals surface area contributed by atoms with Crippen LogP contribution in [0.2, 0.25) is 0 Å². The molecule has 1 aliphatic heterocycles. The monoisotopic (exact) mass is 440 g/mol. The van der Waals surface area contributed by atoms with Crippen molar-refractivity contribution in [2.75, 3.05) is 0 Å². The van der Waals surface area contributed by atoms with E-state index in [1.54, 1.807) is 12.1 Å². The smallest absolute Gasteiger partial charge is 0.260 e. The first kappa shape index (κ1) is 18.3. The lowest BCUT2D eigenvalue weighted by molar-refractivity contribution is 0.0846. The highest BCUT2D eigenvalue weighted by Crippen LogP contribution is 2.47. The zero-order valence-electron chi connectivity index (χ0n) is 17.0. The molecule has 1 aliphatic rings. The number of imide groups is 1. The molecule has 0 radical (unpaired) electrons. The maximum Gasteiger partial charge on any atom is 0.260 e. The van der Waals surface area contributed by atoms with Crippen LogP contribution >= 0.6 is 0 Å². The van der Waals surface area contributed by atoms with Crippen LogP contribution in [-0.2, 0) is 0 Å². The molecule has 1 aromatic heterocycles. The Kier molecular flexibility index (Phi) is 3.07. The van der Waals surface area contributed by atoms with Crippen LogP contribution in [0.4, 0.5) is 0 Å². The molecule has 2 N–H and O–H groups in total. The normalized spacial score (nSPS) is 13.2. The van der Waals surface area contributed by atoms with Gasteiger partial charge in [0.05, 0.1) is 33.0 Å². The number of H-pyrrole nitrogens is 1. The summed E-state index contributed by atoms with van der Waals surface area (Å²) >= 11 is 0. The summed E-state index contributed by atoms with van der Waals surface area (Å²) in [5, 5.41) is 26.3. The molecule has 34 heavy (non-hydrogen) atoms. The van der Waals surface area contributed by atoms with Crippen LogP contribution in [0.1, 0.15) is 31.8 Å². The highest BCUT2D eigenvalue weighted by atomic mass is 16.2. The van der Waals surface area contributed by atoms with E-state index in [1.165, 1.54) is 0 Å². The van der Waals surface area contributed by atoms with E-state index in [1.807, 2.05) is 30.3 Å². The summed E-state index contributed by atoms with van der Waals surface area (Å²) in [6.07, 6.45) is 0. The van der Waals surface area contributed by atoms with Gasteiger partial charge in [0.15, 0.2) is 0 Å². The molecule has 0 saturated carbocycles. The number of fused-ring (bicyclic) bond motifs is 5. The average molecular weight is 440 g/mol. The third-order valence-electron chi connectivity index (χ3n) is 6.78. The molecule has 0 saturated heterocycles. The fourth-order valence-corrected chi connectivity index (χ4v) is 5.63. The minimum atomic E-state index is -0.832. The van der Waals surface area contributed by atoms with E-state index >= 15 is 0 Å². The highest BCUT2D eigenvalue weighted by Gasteiger charge is 2.36. The van der Waals surface area contributed by atoms with E-state index in [4.69, 9.17) is 0 Å². The molecular formula is C26H8N4O4. The predicted molar refractivity (Wildman–Crippen MR) is 124 cm³/mol. The Morgan fingerprint density at radius 2 is 1.21 bits per heavy atom. The Morgan fingerprint density at radius 3 is 1.88 bits per heavy atom. The van der Waals surface area contributed by atoms with Crippen molar-refractivity contribution >= 4 is 65.7 Å². The number of hydrogen-bond acceptors (Lipinski definition) is 6. The van der Waals surface area contributed by atoms with Gasteiger partial charge < -0.3 is 0 Å². The third-order valence-corrected chi connectivity index (χ3v) is 6.78. The quantitative estimate of drug-likeness (QED) is 0.211. The number of aromatic nitrogens is 1. The fraction of sp³-hybridized carbons (Fsp3) is 0. The van der Waals surface area contributed by atoms with Crippen LogP contribution in [0.25, 0.3) is 53.9 Å². The summed E-state index contributed by atoms with van der Waals surface area (Å²) in [6, 6.07) is 15.0.